The summed E-state index contributed by atoms with van der Waals surface area (Å²) >= 11 is 0. The third-order valence-electron chi connectivity index (χ3n) is 3.58. The first-order chi connectivity index (χ1) is 9.17. The van der Waals surface area contributed by atoms with Crippen molar-refractivity contribution in [1.82, 2.24) is 0 Å². The molecule has 2 nitrogen and oxygen atoms in total. The van der Waals surface area contributed by atoms with Crippen LogP contribution < -0.4 is 0 Å². The Kier molecular flexibility index (Phi) is 38.6. The van der Waals surface area contributed by atoms with Gasteiger partial charge in [-0.2, -0.15) is 0 Å². The average Bonchev–Trinajstić information content (AvgIpc) is 2.87. The summed E-state index contributed by atoms with van der Waals surface area (Å²) in [6.07, 6.45) is 7.46. The summed E-state index contributed by atoms with van der Waals surface area (Å²) in [4.78, 5) is 7.75. The maximum atomic E-state index is 7.75. The maximum Gasteiger partial charge on any atom is 3.00 e. The minimum absolute atomic E-state index is 0. The zero-order chi connectivity index (χ0) is 16.8. The fourth-order valence-electron chi connectivity index (χ4n) is 2.54. The minimum Gasteiger partial charge on any atom is -0.545 e. The summed E-state index contributed by atoms with van der Waals surface area (Å²) in [6, 6.07) is 1.48. The largest absolute Gasteiger partial charge is 3.00 e. The molecule has 0 unspecified atom stereocenters. The topological polar surface area (TPSA) is 37.3 Å². The van der Waals surface area contributed by atoms with E-state index in [2.05, 4.69) is 53.0 Å². The summed E-state index contributed by atoms with van der Waals surface area (Å²) < 4.78 is 0. The molecule has 0 aromatic carbocycles. The van der Waals surface area contributed by atoms with Gasteiger partial charge < -0.3 is 24.8 Å². The molecule has 23 heavy (non-hydrogen) atoms. The molecule has 0 amide bonds. The molecule has 1 rings (SSSR count). The van der Waals surface area contributed by atoms with Crippen molar-refractivity contribution in [2.45, 2.75) is 89.9 Å². The first kappa shape index (κ1) is 39.0. The van der Waals surface area contributed by atoms with Crippen molar-refractivity contribution in [2.75, 3.05) is 7.11 Å². The van der Waals surface area contributed by atoms with Crippen molar-refractivity contribution in [2.24, 2.45) is 0 Å². The molecule has 5 heteroatoms. The van der Waals surface area contributed by atoms with Gasteiger partial charge in [0.25, 0.3) is 0 Å². The predicted molar refractivity (Wildman–Crippen MR) is 112 cm³/mol. The van der Waals surface area contributed by atoms with Crippen LogP contribution in [0.25, 0.3) is 0 Å². The molecule has 0 saturated heterocycles. The molecule has 1 saturated carbocycles. The molecule has 1 fully saturated rings. The van der Waals surface area contributed by atoms with Crippen LogP contribution >= 0.6 is 0 Å². The standard InChI is InChI=1S/C8H18Si.C6H16Si.CH4O.CHO.2CH3.Mo/c1-9(2,3)8-6-4-5-7-8;1-5-6-7(2,3)4;2*1-2;;;/h8H,4-7H2,1-3H3;5-6H2,1-4H3;2H,1H3;1H;2*1H3;/q;;;3*-1;+3. The van der Waals surface area contributed by atoms with Gasteiger partial charge in [-0.05, 0) is 5.54 Å². The Balaban J connectivity index is -0.0000000473. The molecule has 1 aliphatic carbocycles. The van der Waals surface area contributed by atoms with Crippen molar-refractivity contribution in [3.05, 3.63) is 14.9 Å². The molecule has 1 aliphatic rings. The van der Waals surface area contributed by atoms with Gasteiger partial charge in [0.2, 0.25) is 0 Å². The van der Waals surface area contributed by atoms with E-state index in [0.717, 1.165) is 12.7 Å². The second-order valence-electron chi connectivity index (χ2n) is 7.66. The molecule has 0 aromatic rings. The minimum atomic E-state index is -0.724. The Hall–Kier alpha value is 0.752. The summed E-state index contributed by atoms with van der Waals surface area (Å²) in [5.41, 5.74) is 1.15. The van der Waals surface area contributed by atoms with Gasteiger partial charge in [0.1, 0.15) is 0 Å². The third kappa shape index (κ3) is 31.1. The molecule has 0 aromatic heterocycles. The van der Waals surface area contributed by atoms with Crippen LogP contribution in [0.5, 0.6) is 0 Å². The van der Waals surface area contributed by atoms with E-state index >= 15 is 0 Å². The van der Waals surface area contributed by atoms with Crippen molar-refractivity contribution in [1.29, 1.82) is 0 Å². The van der Waals surface area contributed by atoms with E-state index in [9.17, 15) is 0 Å². The average molecular weight is 446 g/mol. The van der Waals surface area contributed by atoms with E-state index in [-0.39, 0.29) is 35.9 Å². The van der Waals surface area contributed by atoms with Crippen molar-refractivity contribution in [3.63, 3.8) is 0 Å². The fourth-order valence-corrected chi connectivity index (χ4v) is 6.18. The molecule has 0 aliphatic heterocycles. The van der Waals surface area contributed by atoms with E-state index in [4.69, 9.17) is 9.90 Å². The van der Waals surface area contributed by atoms with Gasteiger partial charge in [-0.3, -0.25) is 6.79 Å². The number of hydrogen-bond donors (Lipinski definition) is 1. The van der Waals surface area contributed by atoms with Crippen molar-refractivity contribution in [3.8, 4) is 0 Å². The van der Waals surface area contributed by atoms with Gasteiger partial charge in [0.15, 0.2) is 0 Å². The second-order valence-corrected chi connectivity index (χ2v) is 18.8. The predicted octanol–water partition coefficient (Wildman–Crippen LogP) is 6.24. The van der Waals surface area contributed by atoms with Crippen LogP contribution in [0.1, 0.15) is 39.0 Å². The molecular formula is C18H45MoO2Si2. The normalized spacial score (nSPS) is 13.1. The van der Waals surface area contributed by atoms with E-state index in [1.54, 1.807) is 0 Å². The Bertz CT molecular complexity index is 196. The molecule has 143 valence electrons. The van der Waals surface area contributed by atoms with Crippen molar-refractivity contribution < 1.29 is 31.0 Å². The van der Waals surface area contributed by atoms with Gasteiger partial charge >= 0.3 is 21.1 Å². The van der Waals surface area contributed by atoms with Crippen LogP contribution in [0.3, 0.4) is 0 Å². The third-order valence-corrected chi connectivity index (χ3v) is 8.61. The molecular weight excluding hydrogens is 400 g/mol. The first-order valence-electron chi connectivity index (χ1n) is 7.85. The monoisotopic (exact) mass is 447 g/mol. The van der Waals surface area contributed by atoms with Crippen LogP contribution in [0.2, 0.25) is 50.9 Å². The number of carbonyl (C=O) groups excluding carboxylic acids is 1. The Morgan fingerprint density at radius 2 is 1.22 bits per heavy atom. The zero-order valence-electron chi connectivity index (χ0n) is 17.7. The van der Waals surface area contributed by atoms with Crippen LogP contribution in [0, 0.1) is 14.9 Å². The van der Waals surface area contributed by atoms with Gasteiger partial charge in [-0.1, -0.05) is 84.4 Å². The first-order valence-corrected chi connectivity index (χ1v) is 15.1. The van der Waals surface area contributed by atoms with Gasteiger partial charge in [0, 0.05) is 23.3 Å². The summed E-state index contributed by atoms with van der Waals surface area (Å²) in [7, 11) is -0.381. The molecule has 1 N–H and O–H groups in total. The van der Waals surface area contributed by atoms with Gasteiger partial charge in [-0.25, -0.2) is 0 Å². The quantitative estimate of drug-likeness (QED) is 0.317. The Morgan fingerprint density at radius 3 is 1.30 bits per heavy atom. The smallest absolute Gasteiger partial charge is 0.545 e. The van der Waals surface area contributed by atoms with Crippen LogP contribution in [-0.4, -0.2) is 35.2 Å². The molecule has 0 bridgehead atoms. The number of rotatable bonds is 3. The number of hydrogen-bond acceptors (Lipinski definition) is 2. The maximum absolute atomic E-state index is 7.75. The summed E-state index contributed by atoms with van der Waals surface area (Å²) in [5.74, 6) is 0. The number of aliphatic hydroxyl groups excluding tert-OH is 1. The van der Waals surface area contributed by atoms with Crippen LogP contribution in [0.15, 0.2) is 0 Å². The summed E-state index contributed by atoms with van der Waals surface area (Å²) in [5, 5.41) is 7.00. The summed E-state index contributed by atoms with van der Waals surface area (Å²) in [6.45, 7) is 20.3. The zero-order valence-corrected chi connectivity index (χ0v) is 21.7. The Morgan fingerprint density at radius 1 is 0.913 bits per heavy atom. The molecule has 0 heterocycles. The van der Waals surface area contributed by atoms with Gasteiger partial charge in [0.05, 0.1) is 0 Å². The van der Waals surface area contributed by atoms with E-state index in [1.807, 2.05) is 0 Å². The van der Waals surface area contributed by atoms with Gasteiger partial charge in [-0.15, -0.1) is 0 Å². The van der Waals surface area contributed by atoms with E-state index in [1.165, 1.54) is 38.1 Å². The molecule has 1 radical (unpaired) electrons. The van der Waals surface area contributed by atoms with Crippen LogP contribution in [-0.2, 0) is 25.9 Å². The van der Waals surface area contributed by atoms with E-state index < -0.39 is 16.1 Å². The van der Waals surface area contributed by atoms with E-state index in [0.29, 0.717) is 0 Å². The fraction of sp³-hybridized carbons (Fsp3) is 0.833. The Labute approximate surface area is 165 Å². The molecule has 0 spiro atoms. The van der Waals surface area contributed by atoms with Crippen LogP contribution in [0.4, 0.5) is 0 Å². The SMILES string of the molecule is CCC[Si](C)(C)C.CO.C[Si](C)(C)C1CCCC1.[CH-]=O.[CH3-].[CH3-].[Mo+3]. The van der Waals surface area contributed by atoms with Crippen molar-refractivity contribution >= 4 is 22.9 Å². The number of aliphatic hydroxyl groups is 1. The second kappa shape index (κ2) is 22.8. The molecule has 0 atom stereocenters.